The highest BCUT2D eigenvalue weighted by Crippen LogP contribution is 2.02. The molecular formula is C6H10O2. The van der Waals surface area contributed by atoms with Crippen molar-refractivity contribution in [1.29, 1.82) is 0 Å². The van der Waals surface area contributed by atoms with Gasteiger partial charge in [-0.05, 0) is 6.92 Å². The molecule has 0 amide bonds. The van der Waals surface area contributed by atoms with Gasteiger partial charge in [-0.25, -0.2) is 0 Å². The van der Waals surface area contributed by atoms with Gasteiger partial charge >= 0.3 is 0 Å². The first-order valence-corrected chi connectivity index (χ1v) is 2.75. The Morgan fingerprint density at radius 1 is 1.62 bits per heavy atom. The molecule has 0 saturated carbocycles. The average Bonchev–Trinajstić information content (AvgIpc) is 2.19. The number of hydrogen-bond acceptors (Lipinski definition) is 2. The summed E-state index contributed by atoms with van der Waals surface area (Å²) in [7, 11) is 0. The second-order valence-corrected chi connectivity index (χ2v) is 1.72. The molecule has 1 fully saturated rings. The fraction of sp³-hybridized carbons (Fsp3) is 0.667. The van der Waals surface area contributed by atoms with E-state index in [4.69, 9.17) is 9.47 Å². The summed E-state index contributed by atoms with van der Waals surface area (Å²) < 4.78 is 10.0. The van der Waals surface area contributed by atoms with Crippen LogP contribution in [0.4, 0.5) is 0 Å². The van der Waals surface area contributed by atoms with Crippen molar-refractivity contribution in [1.82, 2.24) is 0 Å². The van der Waals surface area contributed by atoms with Crippen LogP contribution in [0.15, 0.2) is 12.2 Å². The lowest BCUT2D eigenvalue weighted by Gasteiger charge is -1.95. The highest BCUT2D eigenvalue weighted by atomic mass is 16.7. The summed E-state index contributed by atoms with van der Waals surface area (Å²) in [5.74, 6) is 0. The maximum absolute atomic E-state index is 5.08. The summed E-state index contributed by atoms with van der Waals surface area (Å²) in [5, 5.41) is 0. The van der Waals surface area contributed by atoms with Crippen molar-refractivity contribution in [3.05, 3.63) is 12.2 Å². The number of ether oxygens (including phenoxy) is 2. The fourth-order valence-corrected chi connectivity index (χ4v) is 0.674. The summed E-state index contributed by atoms with van der Waals surface area (Å²) in [4.78, 5) is 0. The molecule has 0 aromatic carbocycles. The summed E-state index contributed by atoms with van der Waals surface area (Å²) >= 11 is 0. The SMILES string of the molecule is C/C=C\C1COCO1. The first-order chi connectivity index (χ1) is 3.93. The first-order valence-electron chi connectivity index (χ1n) is 2.75. The van der Waals surface area contributed by atoms with Crippen LogP contribution in [-0.2, 0) is 9.47 Å². The van der Waals surface area contributed by atoms with Gasteiger partial charge in [0.2, 0.25) is 0 Å². The Morgan fingerprint density at radius 2 is 2.50 bits per heavy atom. The molecule has 1 unspecified atom stereocenters. The molecule has 2 nitrogen and oxygen atoms in total. The van der Waals surface area contributed by atoms with Crippen molar-refractivity contribution in [3.63, 3.8) is 0 Å². The first kappa shape index (κ1) is 5.79. The van der Waals surface area contributed by atoms with Crippen molar-refractivity contribution < 1.29 is 9.47 Å². The van der Waals surface area contributed by atoms with Crippen LogP contribution in [0.2, 0.25) is 0 Å². The van der Waals surface area contributed by atoms with Gasteiger partial charge in [0, 0.05) is 0 Å². The largest absolute Gasteiger partial charge is 0.352 e. The van der Waals surface area contributed by atoms with E-state index in [1.54, 1.807) is 0 Å². The third kappa shape index (κ3) is 1.32. The Hall–Kier alpha value is -0.340. The second kappa shape index (κ2) is 2.84. The van der Waals surface area contributed by atoms with E-state index < -0.39 is 0 Å². The van der Waals surface area contributed by atoms with Crippen molar-refractivity contribution in [2.45, 2.75) is 13.0 Å². The van der Waals surface area contributed by atoms with Gasteiger partial charge in [0.15, 0.2) is 0 Å². The Labute approximate surface area is 49.1 Å². The number of hydrogen-bond donors (Lipinski definition) is 0. The zero-order chi connectivity index (χ0) is 5.82. The van der Waals surface area contributed by atoms with Crippen LogP contribution in [0.25, 0.3) is 0 Å². The summed E-state index contributed by atoms with van der Waals surface area (Å²) in [6, 6.07) is 0. The van der Waals surface area contributed by atoms with E-state index in [0.29, 0.717) is 13.4 Å². The Bertz CT molecular complexity index is 82.5. The van der Waals surface area contributed by atoms with E-state index in [-0.39, 0.29) is 6.10 Å². The molecule has 0 aliphatic carbocycles. The molecule has 2 heteroatoms. The lowest BCUT2D eigenvalue weighted by Crippen LogP contribution is -2.03. The van der Waals surface area contributed by atoms with Crippen LogP contribution in [0, 0.1) is 0 Å². The van der Waals surface area contributed by atoms with Crippen molar-refractivity contribution >= 4 is 0 Å². The van der Waals surface area contributed by atoms with Gasteiger partial charge in [0.1, 0.15) is 12.9 Å². The van der Waals surface area contributed by atoms with Crippen LogP contribution in [0.1, 0.15) is 6.92 Å². The Morgan fingerprint density at radius 3 is 3.00 bits per heavy atom. The Kier molecular flexibility index (Phi) is 2.06. The van der Waals surface area contributed by atoms with Gasteiger partial charge in [0.25, 0.3) is 0 Å². The molecule has 1 heterocycles. The van der Waals surface area contributed by atoms with Crippen LogP contribution in [-0.4, -0.2) is 19.5 Å². The molecule has 0 bridgehead atoms. The van der Waals surface area contributed by atoms with Gasteiger partial charge in [-0.1, -0.05) is 12.2 Å². The lowest BCUT2D eigenvalue weighted by molar-refractivity contribution is 0.0572. The average molecular weight is 114 g/mol. The van der Waals surface area contributed by atoms with Crippen molar-refractivity contribution in [2.24, 2.45) is 0 Å². The summed E-state index contributed by atoms with van der Waals surface area (Å²) in [5.41, 5.74) is 0. The summed E-state index contributed by atoms with van der Waals surface area (Å²) in [6.45, 7) is 3.14. The molecule has 0 aromatic rings. The molecule has 8 heavy (non-hydrogen) atoms. The molecule has 1 atom stereocenters. The lowest BCUT2D eigenvalue weighted by atomic mass is 10.3. The molecule has 0 N–H and O–H groups in total. The minimum atomic E-state index is 0.208. The molecular weight excluding hydrogens is 104 g/mol. The quantitative estimate of drug-likeness (QED) is 0.472. The van der Waals surface area contributed by atoms with Crippen LogP contribution in [0.3, 0.4) is 0 Å². The molecule has 0 radical (unpaired) electrons. The van der Waals surface area contributed by atoms with E-state index in [2.05, 4.69) is 0 Å². The van der Waals surface area contributed by atoms with Gasteiger partial charge in [-0.2, -0.15) is 0 Å². The van der Waals surface area contributed by atoms with E-state index >= 15 is 0 Å². The third-order valence-electron chi connectivity index (χ3n) is 1.05. The second-order valence-electron chi connectivity index (χ2n) is 1.72. The van der Waals surface area contributed by atoms with E-state index in [1.165, 1.54) is 0 Å². The van der Waals surface area contributed by atoms with Gasteiger partial charge in [0.05, 0.1) is 6.61 Å². The molecule has 1 aliphatic heterocycles. The van der Waals surface area contributed by atoms with Gasteiger partial charge in [-0.15, -0.1) is 0 Å². The molecule has 46 valence electrons. The topological polar surface area (TPSA) is 18.5 Å². The van der Waals surface area contributed by atoms with Gasteiger partial charge in [-0.3, -0.25) is 0 Å². The van der Waals surface area contributed by atoms with Crippen LogP contribution >= 0.6 is 0 Å². The molecule has 1 saturated heterocycles. The summed E-state index contributed by atoms with van der Waals surface area (Å²) in [6.07, 6.45) is 4.17. The maximum Gasteiger partial charge on any atom is 0.147 e. The predicted octanol–water partition coefficient (Wildman–Crippen LogP) is 0.935. The van der Waals surface area contributed by atoms with Crippen molar-refractivity contribution in [3.8, 4) is 0 Å². The third-order valence-corrected chi connectivity index (χ3v) is 1.05. The van der Waals surface area contributed by atoms with Crippen molar-refractivity contribution in [2.75, 3.05) is 13.4 Å². The molecule has 1 aliphatic rings. The van der Waals surface area contributed by atoms with E-state index in [0.717, 1.165) is 0 Å². The van der Waals surface area contributed by atoms with Crippen LogP contribution < -0.4 is 0 Å². The molecule has 1 rings (SSSR count). The standard InChI is InChI=1S/C6H10O2/c1-2-3-6-4-7-5-8-6/h2-3,6H,4-5H2,1H3/b3-2-. The Balaban J connectivity index is 2.24. The fourth-order valence-electron chi connectivity index (χ4n) is 0.674. The monoisotopic (exact) mass is 114 g/mol. The van der Waals surface area contributed by atoms with E-state index in [9.17, 15) is 0 Å². The zero-order valence-electron chi connectivity index (χ0n) is 4.96. The number of rotatable bonds is 1. The molecule has 0 aromatic heterocycles. The highest BCUT2D eigenvalue weighted by Gasteiger charge is 2.10. The smallest absolute Gasteiger partial charge is 0.147 e. The van der Waals surface area contributed by atoms with Gasteiger partial charge < -0.3 is 9.47 Å². The minimum Gasteiger partial charge on any atom is -0.352 e. The normalized spacial score (nSPS) is 29.9. The zero-order valence-corrected chi connectivity index (χ0v) is 4.96. The predicted molar refractivity (Wildman–Crippen MR) is 30.5 cm³/mol. The number of allylic oxidation sites excluding steroid dienone is 1. The van der Waals surface area contributed by atoms with Crippen LogP contribution in [0.5, 0.6) is 0 Å². The molecule has 0 spiro atoms. The van der Waals surface area contributed by atoms with E-state index in [1.807, 2.05) is 19.1 Å². The highest BCUT2D eigenvalue weighted by molar-refractivity contribution is 4.87. The maximum atomic E-state index is 5.08. The minimum absolute atomic E-state index is 0.208.